The highest BCUT2D eigenvalue weighted by Crippen LogP contribution is 2.28. The van der Waals surface area contributed by atoms with Crippen LogP contribution in [0.15, 0.2) is 73.3 Å². The molecule has 0 saturated carbocycles. The molecule has 7 heteroatoms. The third kappa shape index (κ3) is 2.98. The molecule has 0 spiro atoms. The molecule has 7 nitrogen and oxygen atoms in total. The van der Waals surface area contributed by atoms with Crippen molar-refractivity contribution < 1.29 is 4.74 Å². The minimum atomic E-state index is 0.432. The number of aromatic amines is 1. The molecule has 0 amide bonds. The molecule has 0 bridgehead atoms. The van der Waals surface area contributed by atoms with Gasteiger partial charge in [0.2, 0.25) is 5.95 Å². The summed E-state index contributed by atoms with van der Waals surface area (Å²) in [5.74, 6) is 1.77. The van der Waals surface area contributed by atoms with Gasteiger partial charge in [0.25, 0.3) is 0 Å². The topological polar surface area (TPSA) is 94.6 Å². The molecular formula is C22H18N6O. The standard InChI is InChI=1S/C22H18N6O/c1-29-18-6-7-20-16(10-18)8-9-28(20)22-24-13-19(21(23)27-22)15-4-2-14(3-5-15)17-11-25-26-12-17/h2-13H,1H3,(H,25,26)(H2,23,24,27). The van der Waals surface area contributed by atoms with Crippen molar-refractivity contribution in [2.24, 2.45) is 0 Å². The quantitative estimate of drug-likeness (QED) is 0.489. The number of hydrogen-bond donors (Lipinski definition) is 2. The van der Waals surface area contributed by atoms with Gasteiger partial charge in [0.1, 0.15) is 11.6 Å². The number of fused-ring (bicyclic) bond motifs is 1. The molecule has 3 heterocycles. The van der Waals surface area contributed by atoms with E-state index in [1.165, 1.54) is 0 Å². The second-order valence-corrected chi connectivity index (χ2v) is 6.64. The van der Waals surface area contributed by atoms with Gasteiger partial charge < -0.3 is 10.5 Å². The van der Waals surface area contributed by atoms with E-state index < -0.39 is 0 Å². The highest BCUT2D eigenvalue weighted by Gasteiger charge is 2.11. The van der Waals surface area contributed by atoms with Crippen molar-refractivity contribution in [3.8, 4) is 34.0 Å². The third-order valence-corrected chi connectivity index (χ3v) is 4.95. The maximum atomic E-state index is 6.28. The lowest BCUT2D eigenvalue weighted by atomic mass is 10.0. The van der Waals surface area contributed by atoms with Crippen LogP contribution in [0.2, 0.25) is 0 Å². The molecule has 142 valence electrons. The summed E-state index contributed by atoms with van der Waals surface area (Å²) in [6, 6.07) is 15.9. The van der Waals surface area contributed by atoms with Crippen molar-refractivity contribution >= 4 is 16.7 Å². The first-order valence-electron chi connectivity index (χ1n) is 9.10. The lowest BCUT2D eigenvalue weighted by Gasteiger charge is -2.09. The van der Waals surface area contributed by atoms with E-state index in [0.29, 0.717) is 11.8 Å². The van der Waals surface area contributed by atoms with E-state index in [1.807, 2.05) is 65.5 Å². The van der Waals surface area contributed by atoms with Gasteiger partial charge in [-0.1, -0.05) is 24.3 Å². The van der Waals surface area contributed by atoms with Crippen molar-refractivity contribution in [3.05, 3.63) is 73.3 Å². The molecule has 5 aromatic rings. The van der Waals surface area contributed by atoms with E-state index in [2.05, 4.69) is 20.2 Å². The summed E-state index contributed by atoms with van der Waals surface area (Å²) in [6.45, 7) is 0. The minimum absolute atomic E-state index is 0.432. The number of hydrogen-bond acceptors (Lipinski definition) is 5. The summed E-state index contributed by atoms with van der Waals surface area (Å²) in [5.41, 5.74) is 11.1. The molecule has 0 unspecified atom stereocenters. The number of H-pyrrole nitrogens is 1. The molecule has 0 radical (unpaired) electrons. The van der Waals surface area contributed by atoms with Crippen LogP contribution < -0.4 is 10.5 Å². The summed E-state index contributed by atoms with van der Waals surface area (Å²) >= 11 is 0. The van der Waals surface area contributed by atoms with E-state index in [1.54, 1.807) is 19.5 Å². The Labute approximate surface area is 166 Å². The van der Waals surface area contributed by atoms with Crippen molar-refractivity contribution in [2.75, 3.05) is 12.8 Å². The molecule has 5 rings (SSSR count). The van der Waals surface area contributed by atoms with Crippen LogP contribution in [0.3, 0.4) is 0 Å². The summed E-state index contributed by atoms with van der Waals surface area (Å²) < 4.78 is 7.20. The first-order valence-corrected chi connectivity index (χ1v) is 9.10. The van der Waals surface area contributed by atoms with Crippen LogP contribution in [0.1, 0.15) is 0 Å². The van der Waals surface area contributed by atoms with Crippen molar-refractivity contribution in [1.29, 1.82) is 0 Å². The van der Waals surface area contributed by atoms with Gasteiger partial charge in [-0.05, 0) is 35.4 Å². The number of anilines is 1. The van der Waals surface area contributed by atoms with Crippen LogP contribution >= 0.6 is 0 Å². The van der Waals surface area contributed by atoms with Crippen molar-refractivity contribution in [1.82, 2.24) is 24.7 Å². The summed E-state index contributed by atoms with van der Waals surface area (Å²) in [6.07, 6.45) is 7.34. The Balaban J connectivity index is 1.49. The highest BCUT2D eigenvalue weighted by atomic mass is 16.5. The zero-order valence-electron chi connectivity index (χ0n) is 15.7. The van der Waals surface area contributed by atoms with E-state index in [-0.39, 0.29) is 0 Å². The van der Waals surface area contributed by atoms with Gasteiger partial charge >= 0.3 is 0 Å². The van der Waals surface area contributed by atoms with E-state index in [4.69, 9.17) is 10.5 Å². The summed E-state index contributed by atoms with van der Waals surface area (Å²) in [7, 11) is 1.66. The molecule has 3 aromatic heterocycles. The number of ether oxygens (including phenoxy) is 1. The second kappa shape index (κ2) is 6.79. The first-order chi connectivity index (χ1) is 14.2. The van der Waals surface area contributed by atoms with Crippen LogP contribution in [-0.4, -0.2) is 31.8 Å². The Morgan fingerprint density at radius 1 is 0.966 bits per heavy atom. The summed E-state index contributed by atoms with van der Waals surface area (Å²) in [5, 5.41) is 7.85. The second-order valence-electron chi connectivity index (χ2n) is 6.64. The lowest BCUT2D eigenvalue weighted by Crippen LogP contribution is -2.04. The number of methoxy groups -OCH3 is 1. The zero-order valence-corrected chi connectivity index (χ0v) is 15.7. The molecule has 0 fully saturated rings. The Morgan fingerprint density at radius 3 is 2.52 bits per heavy atom. The number of nitrogens with one attached hydrogen (secondary N) is 1. The van der Waals surface area contributed by atoms with Crippen LogP contribution in [0, 0.1) is 0 Å². The molecule has 0 aliphatic rings. The van der Waals surface area contributed by atoms with Crippen molar-refractivity contribution in [3.63, 3.8) is 0 Å². The van der Waals surface area contributed by atoms with Gasteiger partial charge in [-0.25, -0.2) is 4.98 Å². The predicted molar refractivity (Wildman–Crippen MR) is 113 cm³/mol. The maximum absolute atomic E-state index is 6.28. The fourth-order valence-corrected chi connectivity index (χ4v) is 3.40. The number of nitrogens with two attached hydrogens (primary N) is 1. The monoisotopic (exact) mass is 382 g/mol. The number of aromatic nitrogens is 5. The average molecular weight is 382 g/mol. The molecule has 0 aliphatic heterocycles. The third-order valence-electron chi connectivity index (χ3n) is 4.95. The lowest BCUT2D eigenvalue weighted by molar-refractivity contribution is 0.415. The fourth-order valence-electron chi connectivity index (χ4n) is 3.40. The van der Waals surface area contributed by atoms with E-state index >= 15 is 0 Å². The number of nitrogens with zero attached hydrogens (tertiary/aromatic N) is 4. The van der Waals surface area contributed by atoms with Gasteiger partial charge in [-0.15, -0.1) is 0 Å². The minimum Gasteiger partial charge on any atom is -0.497 e. The normalized spacial score (nSPS) is 11.1. The Kier molecular flexibility index (Phi) is 3.98. The molecule has 0 saturated heterocycles. The predicted octanol–water partition coefficient (Wildman–Crippen LogP) is 4.07. The molecule has 0 atom stereocenters. The highest BCUT2D eigenvalue weighted by molar-refractivity contribution is 5.83. The number of benzene rings is 2. The first kappa shape index (κ1) is 17.0. The van der Waals surface area contributed by atoms with Gasteiger partial charge in [0.05, 0.1) is 18.8 Å². The summed E-state index contributed by atoms with van der Waals surface area (Å²) in [4.78, 5) is 9.09. The van der Waals surface area contributed by atoms with Crippen LogP contribution in [-0.2, 0) is 0 Å². The maximum Gasteiger partial charge on any atom is 0.236 e. The smallest absolute Gasteiger partial charge is 0.236 e. The van der Waals surface area contributed by atoms with Crippen LogP contribution in [0.4, 0.5) is 5.82 Å². The number of rotatable bonds is 4. The van der Waals surface area contributed by atoms with E-state index in [0.717, 1.165) is 38.9 Å². The fraction of sp³-hybridized carbons (Fsp3) is 0.0455. The zero-order chi connectivity index (χ0) is 19.8. The Bertz CT molecular complexity index is 1290. The van der Waals surface area contributed by atoms with Crippen molar-refractivity contribution in [2.45, 2.75) is 0 Å². The van der Waals surface area contributed by atoms with Crippen LogP contribution in [0.25, 0.3) is 39.1 Å². The number of nitrogen functional groups attached to an aromatic ring is 1. The Hall–Kier alpha value is -4.13. The Morgan fingerprint density at radius 2 is 1.79 bits per heavy atom. The van der Waals surface area contributed by atoms with Gasteiger partial charge in [0, 0.05) is 35.1 Å². The van der Waals surface area contributed by atoms with E-state index in [9.17, 15) is 0 Å². The molecule has 2 aromatic carbocycles. The van der Waals surface area contributed by atoms with Gasteiger partial charge in [0.15, 0.2) is 0 Å². The van der Waals surface area contributed by atoms with Gasteiger partial charge in [-0.3, -0.25) is 9.67 Å². The molecular weight excluding hydrogens is 364 g/mol. The van der Waals surface area contributed by atoms with Gasteiger partial charge in [-0.2, -0.15) is 10.1 Å². The average Bonchev–Trinajstić information content (AvgIpc) is 3.43. The van der Waals surface area contributed by atoms with Crippen LogP contribution in [0.5, 0.6) is 5.75 Å². The largest absolute Gasteiger partial charge is 0.497 e. The SMILES string of the molecule is COc1ccc2c(ccn2-c2ncc(-c3ccc(-c4cn[nH]c4)cc3)c(N)n2)c1. The molecule has 29 heavy (non-hydrogen) atoms. The molecule has 0 aliphatic carbocycles. The molecule has 3 N–H and O–H groups in total.